The Morgan fingerprint density at radius 1 is 1.45 bits per heavy atom. The van der Waals surface area contributed by atoms with Gasteiger partial charge >= 0.3 is 0 Å². The van der Waals surface area contributed by atoms with Gasteiger partial charge in [0.2, 0.25) is 5.91 Å². The summed E-state index contributed by atoms with van der Waals surface area (Å²) in [5.74, 6) is 0.844. The number of benzene rings is 1. The smallest absolute Gasteiger partial charge is 0.230 e. The molecule has 3 nitrogen and oxygen atoms in total. The average Bonchev–Trinajstić information content (AvgIpc) is 2.38. The van der Waals surface area contributed by atoms with Gasteiger partial charge in [-0.3, -0.25) is 4.79 Å². The lowest BCUT2D eigenvalue weighted by Gasteiger charge is -2.24. The molecule has 112 valence electrons. The van der Waals surface area contributed by atoms with E-state index in [1.54, 1.807) is 6.07 Å². The van der Waals surface area contributed by atoms with E-state index in [2.05, 4.69) is 5.32 Å². The van der Waals surface area contributed by atoms with E-state index in [1.165, 1.54) is 24.9 Å². The van der Waals surface area contributed by atoms with Crippen molar-refractivity contribution in [1.82, 2.24) is 5.32 Å². The van der Waals surface area contributed by atoms with E-state index in [9.17, 15) is 9.18 Å². The molecule has 0 unspecified atom stereocenters. The Labute approximate surface area is 124 Å². The molecule has 1 aromatic rings. The molecular formula is C15H22FNO2S. The number of nitrogens with one attached hydrogen (secondary N) is 1. The van der Waals surface area contributed by atoms with Crippen LogP contribution in [0.2, 0.25) is 0 Å². The lowest BCUT2D eigenvalue weighted by Crippen LogP contribution is -2.43. The third-order valence-electron chi connectivity index (χ3n) is 3.08. The van der Waals surface area contributed by atoms with Gasteiger partial charge in [-0.15, -0.1) is 11.8 Å². The first-order valence-corrected chi connectivity index (χ1v) is 7.74. The molecule has 0 bridgehead atoms. The largest absolute Gasteiger partial charge is 0.494 e. The molecule has 0 spiro atoms. The molecule has 20 heavy (non-hydrogen) atoms. The van der Waals surface area contributed by atoms with Gasteiger partial charge in [-0.1, -0.05) is 13.0 Å². The van der Waals surface area contributed by atoms with Crippen LogP contribution in [0.15, 0.2) is 18.2 Å². The number of ether oxygens (including phenoxy) is 1. The number of hydrogen-bond acceptors (Lipinski definition) is 3. The Kier molecular flexibility index (Phi) is 6.33. The van der Waals surface area contributed by atoms with Gasteiger partial charge < -0.3 is 10.1 Å². The van der Waals surface area contributed by atoms with Crippen molar-refractivity contribution in [3.63, 3.8) is 0 Å². The van der Waals surface area contributed by atoms with Crippen LogP contribution in [0.4, 0.5) is 4.39 Å². The van der Waals surface area contributed by atoms with E-state index in [4.69, 9.17) is 4.74 Å². The van der Waals surface area contributed by atoms with Crippen LogP contribution in [0.3, 0.4) is 0 Å². The number of thioether (sulfide) groups is 1. The minimum absolute atomic E-state index is 0.0100. The summed E-state index contributed by atoms with van der Waals surface area (Å²) in [5.41, 5.74) is 0.667. The molecule has 5 heteroatoms. The lowest BCUT2D eigenvalue weighted by molar-refractivity contribution is -0.120. The summed E-state index contributed by atoms with van der Waals surface area (Å²) in [6.07, 6.45) is 0.882. The van der Waals surface area contributed by atoms with Crippen molar-refractivity contribution in [2.45, 2.75) is 38.5 Å². The highest BCUT2D eigenvalue weighted by Gasteiger charge is 2.17. The van der Waals surface area contributed by atoms with Crippen LogP contribution in [0.25, 0.3) is 0 Å². The fourth-order valence-electron chi connectivity index (χ4n) is 1.56. The van der Waals surface area contributed by atoms with E-state index < -0.39 is 0 Å². The zero-order chi connectivity index (χ0) is 15.2. The van der Waals surface area contributed by atoms with Gasteiger partial charge in [0, 0.05) is 11.3 Å². The monoisotopic (exact) mass is 299 g/mol. The average molecular weight is 299 g/mol. The molecule has 0 heterocycles. The first kappa shape index (κ1) is 16.8. The predicted molar refractivity (Wildman–Crippen MR) is 81.6 cm³/mol. The van der Waals surface area contributed by atoms with Crippen LogP contribution in [0.5, 0.6) is 5.75 Å². The molecule has 0 saturated heterocycles. The van der Waals surface area contributed by atoms with Gasteiger partial charge in [-0.2, -0.15) is 0 Å². The number of hydrogen-bond donors (Lipinski definition) is 1. The van der Waals surface area contributed by atoms with Crippen molar-refractivity contribution in [2.24, 2.45) is 0 Å². The van der Waals surface area contributed by atoms with Crippen LogP contribution in [0.1, 0.15) is 32.8 Å². The summed E-state index contributed by atoms with van der Waals surface area (Å²) in [6.45, 7) is 6.02. The molecule has 0 aliphatic heterocycles. The minimum atomic E-state index is -0.373. The van der Waals surface area contributed by atoms with Crippen LogP contribution in [0, 0.1) is 5.82 Å². The zero-order valence-electron chi connectivity index (χ0n) is 12.5. The van der Waals surface area contributed by atoms with Crippen LogP contribution < -0.4 is 10.1 Å². The highest BCUT2D eigenvalue weighted by molar-refractivity contribution is 7.99. The molecule has 1 N–H and O–H groups in total. The second-order valence-electron chi connectivity index (χ2n) is 5.25. The van der Waals surface area contributed by atoms with Crippen molar-refractivity contribution in [1.29, 1.82) is 0 Å². The molecule has 1 amide bonds. The highest BCUT2D eigenvalue weighted by Crippen LogP contribution is 2.20. The van der Waals surface area contributed by atoms with Crippen molar-refractivity contribution in [2.75, 3.05) is 12.9 Å². The van der Waals surface area contributed by atoms with E-state index in [1.807, 2.05) is 26.8 Å². The molecule has 0 aliphatic rings. The summed E-state index contributed by atoms with van der Waals surface area (Å²) >= 11 is 1.47. The van der Waals surface area contributed by atoms with Gasteiger partial charge in [0.05, 0.1) is 12.9 Å². The quantitative estimate of drug-likeness (QED) is 0.839. The Morgan fingerprint density at radius 2 is 2.15 bits per heavy atom. The van der Waals surface area contributed by atoms with Gasteiger partial charge in [0.15, 0.2) is 11.6 Å². The van der Waals surface area contributed by atoms with Gasteiger partial charge in [0.25, 0.3) is 0 Å². The fourth-order valence-corrected chi connectivity index (χ4v) is 2.34. The van der Waals surface area contributed by atoms with Crippen LogP contribution >= 0.6 is 11.8 Å². The van der Waals surface area contributed by atoms with E-state index in [-0.39, 0.29) is 23.0 Å². The number of amides is 1. The van der Waals surface area contributed by atoms with Crippen LogP contribution in [-0.4, -0.2) is 24.3 Å². The lowest BCUT2D eigenvalue weighted by atomic mass is 10.0. The molecule has 1 aromatic carbocycles. The SMILES string of the molecule is CCC(C)(C)NC(=O)CSCc1ccc(OC)c(F)c1. The maximum absolute atomic E-state index is 13.5. The fraction of sp³-hybridized carbons (Fsp3) is 0.533. The number of methoxy groups -OCH3 is 1. The van der Waals surface area contributed by atoms with E-state index in [0.29, 0.717) is 11.5 Å². The molecule has 0 fully saturated rings. The molecule has 0 aliphatic carbocycles. The van der Waals surface area contributed by atoms with E-state index >= 15 is 0 Å². The Morgan fingerprint density at radius 3 is 2.70 bits per heavy atom. The Balaban J connectivity index is 2.41. The van der Waals surface area contributed by atoms with Gasteiger partial charge in [-0.05, 0) is 38.0 Å². The number of carbonyl (C=O) groups excluding carboxylic acids is 1. The maximum Gasteiger partial charge on any atom is 0.230 e. The summed E-state index contributed by atoms with van der Waals surface area (Å²) in [5, 5.41) is 2.97. The summed E-state index contributed by atoms with van der Waals surface area (Å²) < 4.78 is 18.4. The van der Waals surface area contributed by atoms with Crippen molar-refractivity contribution in [3.8, 4) is 5.75 Å². The molecule has 1 rings (SSSR count). The second kappa shape index (κ2) is 7.53. The van der Waals surface area contributed by atoms with Crippen molar-refractivity contribution in [3.05, 3.63) is 29.6 Å². The predicted octanol–water partition coefficient (Wildman–Crippen LogP) is 3.37. The van der Waals surface area contributed by atoms with Crippen molar-refractivity contribution < 1.29 is 13.9 Å². The highest BCUT2D eigenvalue weighted by atomic mass is 32.2. The Bertz CT molecular complexity index is 463. The number of halogens is 1. The topological polar surface area (TPSA) is 38.3 Å². The first-order valence-electron chi connectivity index (χ1n) is 6.59. The normalized spacial score (nSPS) is 11.2. The molecule has 0 atom stereocenters. The third kappa shape index (κ3) is 5.41. The second-order valence-corrected chi connectivity index (χ2v) is 6.23. The summed E-state index contributed by atoms with van der Waals surface area (Å²) in [7, 11) is 1.44. The minimum Gasteiger partial charge on any atom is -0.494 e. The molecular weight excluding hydrogens is 277 g/mol. The van der Waals surface area contributed by atoms with E-state index in [0.717, 1.165) is 12.0 Å². The van der Waals surface area contributed by atoms with Gasteiger partial charge in [-0.25, -0.2) is 4.39 Å². The zero-order valence-corrected chi connectivity index (χ0v) is 13.3. The van der Waals surface area contributed by atoms with Crippen molar-refractivity contribution >= 4 is 17.7 Å². The Hall–Kier alpha value is -1.23. The molecule has 0 saturated carbocycles. The summed E-state index contributed by atoms with van der Waals surface area (Å²) in [4.78, 5) is 11.7. The van der Waals surface area contributed by atoms with Gasteiger partial charge in [0.1, 0.15) is 0 Å². The molecule has 0 radical (unpaired) electrons. The number of rotatable bonds is 7. The maximum atomic E-state index is 13.5. The third-order valence-corrected chi connectivity index (χ3v) is 4.08. The first-order chi connectivity index (χ1) is 9.38. The standard InChI is InChI=1S/C15H22FNO2S/c1-5-15(2,3)17-14(18)10-20-9-11-6-7-13(19-4)12(16)8-11/h6-8H,5,9-10H2,1-4H3,(H,17,18). The summed E-state index contributed by atoms with van der Waals surface area (Å²) in [6, 6.07) is 4.86. The van der Waals surface area contributed by atoms with Crippen LogP contribution in [-0.2, 0) is 10.5 Å². The number of carbonyl (C=O) groups is 1. The molecule has 0 aromatic heterocycles.